The van der Waals surface area contributed by atoms with Gasteiger partial charge in [-0.25, -0.2) is 9.40 Å². The maximum atomic E-state index is 12.9. The second kappa shape index (κ2) is 6.66. The summed E-state index contributed by atoms with van der Waals surface area (Å²) in [6.45, 7) is 4.20. The maximum absolute atomic E-state index is 12.9. The predicted molar refractivity (Wildman–Crippen MR) is 102 cm³/mol. The third-order valence-electron chi connectivity index (χ3n) is 6.56. The Morgan fingerprint density at radius 1 is 1.29 bits per heavy atom. The van der Waals surface area contributed by atoms with Gasteiger partial charge in [0.2, 0.25) is 0 Å². The van der Waals surface area contributed by atoms with Gasteiger partial charge in [0, 0.05) is 30.2 Å². The quantitative estimate of drug-likeness (QED) is 0.567. The molecule has 8 heteroatoms. The Bertz CT molecular complexity index is 738. The number of fused-ring (bicyclic) bond motifs is 1. The fraction of sp³-hybridized carbons (Fsp3) is 0.650. The van der Waals surface area contributed by atoms with E-state index < -0.39 is 0 Å². The van der Waals surface area contributed by atoms with Gasteiger partial charge in [-0.1, -0.05) is 0 Å². The van der Waals surface area contributed by atoms with Crippen molar-refractivity contribution in [1.29, 1.82) is 0 Å². The number of hydrogen-bond acceptors (Lipinski definition) is 6. The lowest BCUT2D eigenvalue weighted by atomic mass is 9.44. The van der Waals surface area contributed by atoms with Crippen LogP contribution >= 0.6 is 0 Å². The smallest absolute Gasteiger partial charge is 0.258 e. The van der Waals surface area contributed by atoms with Gasteiger partial charge in [0.15, 0.2) is 6.61 Å². The number of benzene rings is 1. The molecule has 1 amide bonds. The first kappa shape index (κ1) is 18.3. The highest BCUT2D eigenvalue weighted by atomic mass is 19.1. The number of hydrazine groups is 1. The van der Waals surface area contributed by atoms with Crippen LogP contribution in [-0.4, -0.2) is 59.9 Å². The first-order valence-electron chi connectivity index (χ1n) is 10.2. The van der Waals surface area contributed by atoms with Gasteiger partial charge in [0.1, 0.15) is 11.6 Å². The Balaban J connectivity index is 1.08. The molecule has 7 nitrogen and oxygen atoms in total. The molecule has 6 rings (SSSR count). The molecule has 5 fully saturated rings. The molecule has 0 aromatic heterocycles. The number of carbonyl (C=O) groups excluding carboxylic acids is 1. The van der Waals surface area contributed by atoms with Crippen molar-refractivity contribution >= 4 is 5.91 Å². The van der Waals surface area contributed by atoms with Gasteiger partial charge >= 0.3 is 0 Å². The first-order valence-corrected chi connectivity index (χ1v) is 10.2. The molecule has 2 aliphatic heterocycles. The summed E-state index contributed by atoms with van der Waals surface area (Å²) in [5, 5.41) is 13.0. The lowest BCUT2D eigenvalue weighted by Gasteiger charge is -2.71. The number of amides is 1. The van der Waals surface area contributed by atoms with Crippen molar-refractivity contribution in [2.45, 2.75) is 61.9 Å². The normalized spacial score (nSPS) is 38.9. The molecule has 3 aliphatic carbocycles. The molecule has 0 radical (unpaired) electrons. The topological polar surface area (TPSA) is 77.7 Å². The van der Waals surface area contributed by atoms with E-state index in [0.29, 0.717) is 24.0 Å². The Kier molecular flexibility index (Phi) is 4.35. The Morgan fingerprint density at radius 3 is 2.79 bits per heavy atom. The number of halogens is 1. The van der Waals surface area contributed by atoms with Gasteiger partial charge in [-0.15, -0.1) is 0 Å². The molecule has 3 saturated carbocycles. The standard InChI is InChI=1S/C20H28FN5O2/c1-13-8-16-18(22-6-7-26(16)25-13)24-20-10-19(11-20,12-20)23-17(27)9-28-15-4-2-14(21)3-5-15/h2-5,13,16,18,22,24-25H,6-12H2,1H3,(H,23,27). The van der Waals surface area contributed by atoms with Crippen LogP contribution in [0.5, 0.6) is 5.75 Å². The van der Waals surface area contributed by atoms with E-state index >= 15 is 0 Å². The SMILES string of the molecule is CC1CC2C(NC34CC(NC(=O)COc5ccc(F)cc5)(C3)C4)NCCN2N1. The highest BCUT2D eigenvalue weighted by Gasteiger charge is 2.69. The fourth-order valence-electron chi connectivity index (χ4n) is 5.51. The highest BCUT2D eigenvalue weighted by Crippen LogP contribution is 2.60. The highest BCUT2D eigenvalue weighted by molar-refractivity contribution is 5.79. The monoisotopic (exact) mass is 389 g/mol. The molecule has 2 heterocycles. The van der Waals surface area contributed by atoms with Crippen LogP contribution in [0.2, 0.25) is 0 Å². The van der Waals surface area contributed by atoms with Crippen molar-refractivity contribution in [1.82, 2.24) is 26.4 Å². The van der Waals surface area contributed by atoms with Gasteiger partial charge in [-0.2, -0.15) is 0 Å². The number of rotatable bonds is 6. The van der Waals surface area contributed by atoms with Gasteiger partial charge in [0.25, 0.3) is 5.91 Å². The molecule has 1 aromatic rings. The average Bonchev–Trinajstić information content (AvgIpc) is 2.99. The molecule has 28 heavy (non-hydrogen) atoms. The van der Waals surface area contributed by atoms with Crippen LogP contribution in [0.25, 0.3) is 0 Å². The predicted octanol–water partition coefficient (Wildman–Crippen LogP) is 0.482. The zero-order chi connectivity index (χ0) is 19.4. The lowest BCUT2D eigenvalue weighted by Crippen LogP contribution is -2.86. The summed E-state index contributed by atoms with van der Waals surface area (Å²) in [5.41, 5.74) is 3.62. The van der Waals surface area contributed by atoms with Crippen LogP contribution in [0.4, 0.5) is 4.39 Å². The van der Waals surface area contributed by atoms with Crippen LogP contribution in [-0.2, 0) is 4.79 Å². The summed E-state index contributed by atoms with van der Waals surface area (Å²) in [6.07, 6.45) is 4.34. The summed E-state index contributed by atoms with van der Waals surface area (Å²) in [7, 11) is 0. The van der Waals surface area contributed by atoms with Gasteiger partial charge in [-0.05, 0) is 56.9 Å². The second-order valence-electron chi connectivity index (χ2n) is 8.98. The van der Waals surface area contributed by atoms with Crippen molar-refractivity contribution in [2.24, 2.45) is 0 Å². The molecule has 1 aromatic carbocycles. The van der Waals surface area contributed by atoms with Crippen LogP contribution in [0, 0.1) is 5.82 Å². The Hall–Kier alpha value is -1.74. The molecule has 2 saturated heterocycles. The van der Waals surface area contributed by atoms with E-state index in [4.69, 9.17) is 4.74 Å². The van der Waals surface area contributed by atoms with Gasteiger partial charge < -0.3 is 10.1 Å². The molecule has 152 valence electrons. The van der Waals surface area contributed by atoms with E-state index in [1.807, 2.05) is 0 Å². The maximum Gasteiger partial charge on any atom is 0.258 e. The number of piperazine rings is 1. The van der Waals surface area contributed by atoms with E-state index in [-0.39, 0.29) is 29.4 Å². The van der Waals surface area contributed by atoms with Crippen LogP contribution in [0.3, 0.4) is 0 Å². The van der Waals surface area contributed by atoms with E-state index in [9.17, 15) is 9.18 Å². The van der Waals surface area contributed by atoms with E-state index in [0.717, 1.165) is 38.8 Å². The van der Waals surface area contributed by atoms with Crippen LogP contribution in [0.1, 0.15) is 32.6 Å². The van der Waals surface area contributed by atoms with Crippen molar-refractivity contribution < 1.29 is 13.9 Å². The average molecular weight is 389 g/mol. The van der Waals surface area contributed by atoms with E-state index in [1.165, 1.54) is 24.3 Å². The third-order valence-corrected chi connectivity index (χ3v) is 6.56. The Labute approximate surface area is 164 Å². The van der Waals surface area contributed by atoms with Crippen molar-refractivity contribution in [3.63, 3.8) is 0 Å². The van der Waals surface area contributed by atoms with Crippen LogP contribution in [0.15, 0.2) is 24.3 Å². The lowest BCUT2D eigenvalue weighted by molar-refractivity contribution is -0.147. The summed E-state index contributed by atoms with van der Waals surface area (Å²) in [6, 6.07) is 6.71. The molecular weight excluding hydrogens is 361 g/mol. The summed E-state index contributed by atoms with van der Waals surface area (Å²) in [5.74, 6) is 0.0647. The molecular formula is C20H28FN5O2. The number of nitrogens with one attached hydrogen (secondary N) is 4. The first-order chi connectivity index (χ1) is 13.4. The zero-order valence-electron chi connectivity index (χ0n) is 16.1. The minimum absolute atomic E-state index is 0.0431. The molecule has 3 atom stereocenters. The minimum atomic E-state index is -0.318. The minimum Gasteiger partial charge on any atom is -0.484 e. The van der Waals surface area contributed by atoms with Crippen molar-refractivity contribution in [3.8, 4) is 5.75 Å². The number of nitrogens with zero attached hydrogens (tertiary/aromatic N) is 1. The fourth-order valence-corrected chi connectivity index (χ4v) is 5.51. The Morgan fingerprint density at radius 2 is 2.04 bits per heavy atom. The molecule has 5 aliphatic rings. The number of carbonyl (C=O) groups is 1. The van der Waals surface area contributed by atoms with Gasteiger partial charge in [0.05, 0.1) is 12.2 Å². The molecule has 4 N–H and O–H groups in total. The molecule has 0 spiro atoms. The van der Waals surface area contributed by atoms with Crippen LogP contribution < -0.4 is 26.1 Å². The zero-order valence-corrected chi connectivity index (χ0v) is 16.1. The summed E-state index contributed by atoms with van der Waals surface area (Å²) < 4.78 is 18.4. The van der Waals surface area contributed by atoms with E-state index in [1.54, 1.807) is 0 Å². The molecule has 2 bridgehead atoms. The summed E-state index contributed by atoms with van der Waals surface area (Å²) >= 11 is 0. The largest absolute Gasteiger partial charge is 0.484 e. The second-order valence-corrected chi connectivity index (χ2v) is 8.98. The van der Waals surface area contributed by atoms with Crippen molar-refractivity contribution in [2.75, 3.05) is 19.7 Å². The third kappa shape index (κ3) is 3.28. The number of hydrogen-bond donors (Lipinski definition) is 4. The van der Waals surface area contributed by atoms with Crippen molar-refractivity contribution in [3.05, 3.63) is 30.1 Å². The molecule has 3 unspecified atom stereocenters. The summed E-state index contributed by atoms with van der Waals surface area (Å²) in [4.78, 5) is 12.2. The van der Waals surface area contributed by atoms with E-state index in [2.05, 4.69) is 33.3 Å². The van der Waals surface area contributed by atoms with Gasteiger partial charge in [-0.3, -0.25) is 20.9 Å². The number of ether oxygens (including phenoxy) is 1.